The molecule has 22 rings (SSSR count). The molecule has 0 bridgehead atoms. The van der Waals surface area contributed by atoms with E-state index < -0.39 is 0 Å². The van der Waals surface area contributed by atoms with Crippen LogP contribution in [0.3, 0.4) is 0 Å². The molecule has 0 N–H and O–H groups in total. The Bertz CT molecular complexity index is 5830. The van der Waals surface area contributed by atoms with Crippen LogP contribution >= 0.6 is 0 Å². The first-order chi connectivity index (χ1) is 56.5. The Morgan fingerprint density at radius 3 is 0.456 bits per heavy atom. The molecule has 4 fully saturated rings. The molecule has 4 aliphatic rings. The van der Waals surface area contributed by atoms with Crippen LogP contribution in [-0.2, 0) is 0 Å². The van der Waals surface area contributed by atoms with Crippen molar-refractivity contribution in [2.75, 3.05) is 0 Å². The summed E-state index contributed by atoms with van der Waals surface area (Å²) in [6.45, 7) is 0. The molecule has 558 valence electrons. The quantitative estimate of drug-likeness (QED) is 0.0979. The number of fused-ring (bicyclic) bond motifs is 6. The Kier molecular flexibility index (Phi) is 17.5. The van der Waals surface area contributed by atoms with Crippen LogP contribution in [-0.4, -0.2) is 27.4 Å². The first-order valence-electron chi connectivity index (χ1n) is 42.4. The van der Waals surface area contributed by atoms with E-state index in [1.165, 1.54) is 159 Å². The number of aromatic nitrogens is 6. The topological polar surface area (TPSA) is 29.6 Å². The second-order valence-corrected chi connectivity index (χ2v) is 34.4. The van der Waals surface area contributed by atoms with Gasteiger partial charge in [-0.25, -0.2) is 0 Å². The van der Waals surface area contributed by atoms with Crippen molar-refractivity contribution in [1.29, 1.82) is 0 Å². The van der Waals surface area contributed by atoms with E-state index in [4.69, 9.17) is 0 Å². The van der Waals surface area contributed by atoms with Crippen LogP contribution < -0.4 is 0 Å². The number of benzene rings is 12. The van der Waals surface area contributed by atoms with E-state index in [1.54, 1.807) is 0 Å². The predicted octanol–water partition coefficient (Wildman–Crippen LogP) is 27.8. The lowest BCUT2D eigenvalue weighted by molar-refractivity contribution is 0.0513. The fourth-order valence-corrected chi connectivity index (χ4v) is 23.4. The van der Waals surface area contributed by atoms with Crippen LogP contribution in [0.4, 0.5) is 0 Å². The van der Waals surface area contributed by atoms with Crippen molar-refractivity contribution in [2.45, 2.75) is 113 Å². The predicted molar refractivity (Wildman–Crippen MR) is 472 cm³/mol. The van der Waals surface area contributed by atoms with E-state index in [0.717, 1.165) is 51.4 Å². The molecule has 114 heavy (non-hydrogen) atoms. The second-order valence-electron chi connectivity index (χ2n) is 34.4. The molecule has 12 aromatic carbocycles. The largest absolute Gasteiger partial charge is 0.313 e. The van der Waals surface area contributed by atoms with Gasteiger partial charge in [-0.1, -0.05) is 218 Å². The fraction of sp³-hybridized carbons (Fsp3) is 0.222. The standard InChI is InChI=1S/C108H96N6/c1-7-37-91(38-8-1)109-97-49-25-19-31-73(97)67-103(109)85-57-79(55-81(59-85)83-61-87(105-69-75-33-21-27-51-99(75)111(105)93-41-11-3-12-42-93)65-88(62-83)106-70-76-34-22-28-52-100(76)112(106)94-43-13-4-14-44-94)80-56-82(60-86(58-80)104-68-74-32-20-26-50-98(74)110(104)92-39-9-2-10-40-92)84-63-89(107-71-77-35-23-29-53-101(77)113(107)95-45-15-5-16-46-95)66-90(64-84)108-72-78-36-24-30-54-102(78)114(108)96-47-17-6-18-48-96/h1-54,67-72,79-90H,55-66H2. The summed E-state index contributed by atoms with van der Waals surface area (Å²) in [5, 5.41) is 7.95. The van der Waals surface area contributed by atoms with Gasteiger partial charge in [-0.15, -0.1) is 0 Å². The summed E-state index contributed by atoms with van der Waals surface area (Å²) in [6, 6.07) is 139. The highest BCUT2D eigenvalue weighted by Gasteiger charge is 2.48. The molecule has 18 aromatic rings. The maximum absolute atomic E-state index is 2.71. The number of para-hydroxylation sites is 12. The van der Waals surface area contributed by atoms with Gasteiger partial charge in [0, 0.05) is 136 Å². The molecule has 0 saturated heterocycles. The van der Waals surface area contributed by atoms with Gasteiger partial charge in [-0.3, -0.25) is 0 Å². The van der Waals surface area contributed by atoms with Gasteiger partial charge < -0.3 is 27.4 Å². The van der Waals surface area contributed by atoms with E-state index in [0.29, 0.717) is 71.0 Å². The van der Waals surface area contributed by atoms with E-state index in [1.807, 2.05) is 0 Å². The van der Waals surface area contributed by atoms with Crippen LogP contribution in [0.25, 0.3) is 99.5 Å². The van der Waals surface area contributed by atoms with Crippen LogP contribution in [0.15, 0.2) is 364 Å². The summed E-state index contributed by atoms with van der Waals surface area (Å²) < 4.78 is 16.1. The Labute approximate surface area is 668 Å². The minimum Gasteiger partial charge on any atom is -0.313 e. The Hall–Kier alpha value is -12.1. The Morgan fingerprint density at radius 1 is 0.140 bits per heavy atom. The second kappa shape index (κ2) is 29.1. The molecule has 6 nitrogen and oxygen atoms in total. The number of nitrogens with zero attached hydrogens (tertiary/aromatic N) is 6. The van der Waals surface area contributed by atoms with E-state index in [2.05, 4.69) is 391 Å². The molecule has 4 saturated carbocycles. The molecule has 4 aliphatic carbocycles. The maximum atomic E-state index is 2.71. The lowest BCUT2D eigenvalue weighted by Gasteiger charge is -2.49. The third-order valence-corrected chi connectivity index (χ3v) is 28.1. The molecular formula is C108H96N6. The summed E-state index contributed by atoms with van der Waals surface area (Å²) in [5.41, 5.74) is 24.1. The van der Waals surface area contributed by atoms with Crippen LogP contribution in [0, 0.1) is 35.5 Å². The fourth-order valence-electron chi connectivity index (χ4n) is 23.4. The third-order valence-electron chi connectivity index (χ3n) is 28.1. The first kappa shape index (κ1) is 68.7. The van der Waals surface area contributed by atoms with Crippen molar-refractivity contribution in [1.82, 2.24) is 27.4 Å². The first-order valence-corrected chi connectivity index (χ1v) is 42.4. The van der Waals surface area contributed by atoms with Crippen molar-refractivity contribution >= 4 is 65.4 Å². The van der Waals surface area contributed by atoms with E-state index >= 15 is 0 Å². The molecule has 6 heteroatoms. The van der Waals surface area contributed by atoms with Gasteiger partial charge in [0.25, 0.3) is 0 Å². The molecule has 6 aromatic heterocycles. The van der Waals surface area contributed by atoms with Crippen molar-refractivity contribution in [3.63, 3.8) is 0 Å². The average molecular weight is 1480 g/mol. The normalized spacial score (nSPS) is 22.8. The molecule has 0 amide bonds. The van der Waals surface area contributed by atoms with Crippen molar-refractivity contribution in [3.05, 3.63) is 398 Å². The van der Waals surface area contributed by atoms with Crippen LogP contribution in [0.2, 0.25) is 0 Å². The van der Waals surface area contributed by atoms with Crippen molar-refractivity contribution in [3.8, 4) is 34.1 Å². The molecule has 0 aliphatic heterocycles. The van der Waals surface area contributed by atoms with Gasteiger partial charge in [0.15, 0.2) is 0 Å². The molecular weight excluding hydrogens is 1380 g/mol. The third kappa shape index (κ3) is 12.3. The number of rotatable bonds is 15. The van der Waals surface area contributed by atoms with Gasteiger partial charge in [0.2, 0.25) is 0 Å². The summed E-state index contributed by atoms with van der Waals surface area (Å²) in [5.74, 6) is 4.60. The lowest BCUT2D eigenvalue weighted by atomic mass is 9.56. The highest BCUT2D eigenvalue weighted by atomic mass is 15.0. The number of hydrogen-bond donors (Lipinski definition) is 0. The Morgan fingerprint density at radius 2 is 0.281 bits per heavy atom. The maximum Gasteiger partial charge on any atom is 0.0531 e. The molecule has 0 spiro atoms. The van der Waals surface area contributed by atoms with Gasteiger partial charge in [0.05, 0.1) is 33.1 Å². The minimum absolute atomic E-state index is 0.301. The molecule has 10 atom stereocenters. The summed E-state index contributed by atoms with van der Waals surface area (Å²) >= 11 is 0. The summed E-state index contributed by atoms with van der Waals surface area (Å²) in [7, 11) is 0. The van der Waals surface area contributed by atoms with E-state index in [9.17, 15) is 0 Å². The molecule has 0 radical (unpaired) electrons. The monoisotopic (exact) mass is 1480 g/mol. The van der Waals surface area contributed by atoms with Gasteiger partial charge in [0.1, 0.15) is 0 Å². The van der Waals surface area contributed by atoms with Crippen LogP contribution in [0.5, 0.6) is 0 Å². The zero-order valence-electron chi connectivity index (χ0n) is 64.7. The smallest absolute Gasteiger partial charge is 0.0531 e. The van der Waals surface area contributed by atoms with Crippen molar-refractivity contribution < 1.29 is 0 Å². The summed E-state index contributed by atoms with van der Waals surface area (Å²) in [4.78, 5) is 0. The number of hydrogen-bond acceptors (Lipinski definition) is 0. The SMILES string of the molecule is c1ccc(-n2c(C3CC(c4cc5ccccc5n4-c4ccccc4)CC(C4CC(c5cc6ccccc6n5-c5ccccc5)CC(C5CC(c6cc7ccccc7n6-c6ccccc6)CC(C6CC(c7cc8ccccc8n7-c7ccccc7)CC(c7cc8ccccc8n7-c7ccccc7)C6)C5)C4)C3)cc3ccccc32)cc1. The van der Waals surface area contributed by atoms with E-state index in [-0.39, 0.29) is 0 Å². The lowest BCUT2D eigenvalue weighted by Crippen LogP contribution is -2.39. The van der Waals surface area contributed by atoms with Gasteiger partial charge in [-0.05, 0) is 258 Å². The van der Waals surface area contributed by atoms with Crippen LogP contribution in [0.1, 0.15) is 147 Å². The van der Waals surface area contributed by atoms with Gasteiger partial charge in [-0.2, -0.15) is 0 Å². The highest BCUT2D eigenvalue weighted by Crippen LogP contribution is 2.60. The van der Waals surface area contributed by atoms with Crippen molar-refractivity contribution in [2.24, 2.45) is 35.5 Å². The molecule has 10 unspecified atom stereocenters. The molecule has 6 heterocycles. The summed E-state index contributed by atoms with van der Waals surface area (Å²) in [6.07, 6.45) is 13.8. The van der Waals surface area contributed by atoms with Gasteiger partial charge >= 0.3 is 0 Å². The average Bonchev–Trinajstić information content (AvgIpc) is 1.57. The Balaban J connectivity index is 0.726. The zero-order chi connectivity index (χ0) is 75.2. The zero-order valence-corrected chi connectivity index (χ0v) is 64.7. The minimum atomic E-state index is 0.301. The highest BCUT2D eigenvalue weighted by molar-refractivity contribution is 5.88.